The van der Waals surface area contributed by atoms with Crippen LogP contribution < -0.4 is 5.32 Å². The summed E-state index contributed by atoms with van der Waals surface area (Å²) in [5, 5.41) is 13.2. The van der Waals surface area contributed by atoms with Gasteiger partial charge in [-0.1, -0.05) is 51.1 Å². The molecule has 8 nitrogen and oxygen atoms in total. The first-order valence-electron chi connectivity index (χ1n) is 13.9. The van der Waals surface area contributed by atoms with Crippen LogP contribution in [0, 0.1) is 12.8 Å². The van der Waals surface area contributed by atoms with Crippen LogP contribution in [0.5, 0.6) is 0 Å². The molecule has 3 heterocycles. The minimum Gasteiger partial charge on any atom is -0.388 e. The van der Waals surface area contributed by atoms with E-state index in [1.54, 1.807) is 23.5 Å². The third-order valence-electron chi connectivity index (χ3n) is 8.06. The van der Waals surface area contributed by atoms with Gasteiger partial charge in [-0.2, -0.15) is 0 Å². The number of benzene rings is 2. The van der Waals surface area contributed by atoms with E-state index in [0.717, 1.165) is 44.1 Å². The quantitative estimate of drug-likeness (QED) is 0.422. The molecule has 1 saturated heterocycles. The third kappa shape index (κ3) is 5.38. The molecule has 2 aromatic carbocycles. The molecule has 0 radical (unpaired) electrons. The fourth-order valence-electron chi connectivity index (χ4n) is 5.90. The van der Waals surface area contributed by atoms with Crippen LogP contribution in [0.15, 0.2) is 48.0 Å². The SMILES string of the molecule is CCc1cc(-c2scnc2C)ccc1CNC(=O)[C@@H]1[C@@H](F)[C@@H](O)CN1C(=O)[C@H](C(C)C)N1Cc2ccccc2C1=O. The molecule has 1 aromatic heterocycles. The Balaban J connectivity index is 1.34. The van der Waals surface area contributed by atoms with Crippen molar-refractivity contribution in [1.82, 2.24) is 20.1 Å². The van der Waals surface area contributed by atoms with Gasteiger partial charge in [0.25, 0.3) is 5.91 Å². The number of amides is 3. The lowest BCUT2D eigenvalue weighted by Gasteiger charge is -2.35. The Labute approximate surface area is 243 Å². The standard InChI is InChI=1S/C31H35FN4O4S/c1-5-19-12-20(28-18(4)34-16-41-28)10-11-21(19)13-33-29(38)27-25(32)24(37)15-36(27)31(40)26(17(2)3)35-14-22-8-6-7-9-23(22)30(35)39/h6-12,16-17,24-27,37H,5,13-15H2,1-4H3,(H,33,38)/t24-,25-,26-,27-/m0/s1. The Morgan fingerprint density at radius 2 is 1.95 bits per heavy atom. The van der Waals surface area contributed by atoms with Crippen LogP contribution in [0.25, 0.3) is 10.4 Å². The Bertz CT molecular complexity index is 1470. The van der Waals surface area contributed by atoms with Gasteiger partial charge in [0.15, 0.2) is 6.17 Å². The average Bonchev–Trinajstić information content (AvgIpc) is 3.62. The van der Waals surface area contributed by atoms with Crippen molar-refractivity contribution in [2.24, 2.45) is 5.92 Å². The molecule has 0 saturated carbocycles. The molecule has 216 valence electrons. The number of likely N-dealkylation sites (tertiary alicyclic amines) is 1. The van der Waals surface area contributed by atoms with Crippen molar-refractivity contribution in [3.63, 3.8) is 0 Å². The number of alkyl halides is 1. The molecule has 3 aromatic rings. The van der Waals surface area contributed by atoms with E-state index >= 15 is 4.39 Å². The van der Waals surface area contributed by atoms with Gasteiger partial charge in [0.2, 0.25) is 11.8 Å². The zero-order valence-electron chi connectivity index (χ0n) is 23.6. The van der Waals surface area contributed by atoms with Gasteiger partial charge >= 0.3 is 0 Å². The van der Waals surface area contributed by atoms with Gasteiger partial charge in [-0.05, 0) is 53.6 Å². The van der Waals surface area contributed by atoms with Crippen molar-refractivity contribution in [3.05, 3.63) is 75.9 Å². The van der Waals surface area contributed by atoms with Crippen LogP contribution in [0.4, 0.5) is 4.39 Å². The fourth-order valence-corrected chi connectivity index (χ4v) is 6.70. The van der Waals surface area contributed by atoms with Crippen molar-refractivity contribution in [2.75, 3.05) is 6.54 Å². The molecule has 4 atom stereocenters. The minimum atomic E-state index is -1.94. The molecule has 0 unspecified atom stereocenters. The number of carbonyl (C=O) groups excluding carboxylic acids is 3. The van der Waals surface area contributed by atoms with Gasteiger partial charge in [-0.3, -0.25) is 14.4 Å². The van der Waals surface area contributed by atoms with Crippen molar-refractivity contribution < 1.29 is 23.9 Å². The van der Waals surface area contributed by atoms with Crippen molar-refractivity contribution in [2.45, 2.75) is 71.6 Å². The predicted molar refractivity (Wildman–Crippen MR) is 155 cm³/mol. The molecular formula is C31H35FN4O4S. The van der Waals surface area contributed by atoms with Crippen LogP contribution >= 0.6 is 11.3 Å². The summed E-state index contributed by atoms with van der Waals surface area (Å²) in [6.45, 7) is 7.71. The molecule has 0 spiro atoms. The molecule has 0 bridgehead atoms. The maximum Gasteiger partial charge on any atom is 0.255 e. The lowest BCUT2D eigenvalue weighted by Crippen LogP contribution is -2.56. The van der Waals surface area contributed by atoms with Crippen LogP contribution in [-0.4, -0.2) is 68.5 Å². The number of halogens is 1. The van der Waals surface area contributed by atoms with E-state index < -0.39 is 36.2 Å². The molecule has 2 aliphatic rings. The van der Waals surface area contributed by atoms with E-state index in [0.29, 0.717) is 5.56 Å². The van der Waals surface area contributed by atoms with E-state index in [1.165, 1.54) is 4.90 Å². The van der Waals surface area contributed by atoms with Crippen LogP contribution in [0.2, 0.25) is 0 Å². The highest BCUT2D eigenvalue weighted by Crippen LogP contribution is 2.32. The Morgan fingerprint density at radius 3 is 2.61 bits per heavy atom. The van der Waals surface area contributed by atoms with Crippen molar-refractivity contribution in [3.8, 4) is 10.4 Å². The lowest BCUT2D eigenvalue weighted by atomic mass is 9.99. The fraction of sp³-hybridized carbons (Fsp3) is 0.419. The van der Waals surface area contributed by atoms with Gasteiger partial charge in [0, 0.05) is 18.7 Å². The normalized spacial score (nSPS) is 21.0. The predicted octanol–water partition coefficient (Wildman–Crippen LogP) is 3.89. The highest BCUT2D eigenvalue weighted by Gasteiger charge is 2.51. The summed E-state index contributed by atoms with van der Waals surface area (Å²) >= 11 is 1.57. The van der Waals surface area contributed by atoms with Gasteiger partial charge in [0.05, 0.1) is 22.6 Å². The number of aliphatic hydroxyl groups is 1. The molecule has 2 N–H and O–H groups in total. The zero-order chi connectivity index (χ0) is 29.4. The van der Waals surface area contributed by atoms with E-state index in [4.69, 9.17) is 0 Å². The largest absolute Gasteiger partial charge is 0.388 e. The highest BCUT2D eigenvalue weighted by atomic mass is 32.1. The number of aliphatic hydroxyl groups excluding tert-OH is 1. The Morgan fingerprint density at radius 1 is 1.20 bits per heavy atom. The Kier molecular flexibility index (Phi) is 8.24. The van der Waals surface area contributed by atoms with E-state index in [1.807, 2.05) is 57.5 Å². The number of rotatable bonds is 8. The number of nitrogens with one attached hydrogen (secondary N) is 1. The number of hydrogen-bond acceptors (Lipinski definition) is 6. The van der Waals surface area contributed by atoms with E-state index in [2.05, 4.69) is 16.4 Å². The molecule has 1 fully saturated rings. The van der Waals surface area contributed by atoms with Gasteiger partial charge < -0.3 is 20.2 Å². The molecule has 5 rings (SSSR count). The number of β-amino-alcohol motifs (C(OH)–C–C–N with tert-alkyl or cyclic N) is 1. The van der Waals surface area contributed by atoms with Crippen molar-refractivity contribution >= 4 is 29.1 Å². The monoisotopic (exact) mass is 578 g/mol. The maximum absolute atomic E-state index is 15.3. The lowest BCUT2D eigenvalue weighted by molar-refractivity contribution is -0.144. The number of aryl methyl sites for hydroxylation is 2. The van der Waals surface area contributed by atoms with E-state index in [-0.39, 0.29) is 31.5 Å². The summed E-state index contributed by atoms with van der Waals surface area (Å²) in [6.07, 6.45) is -2.71. The third-order valence-corrected chi connectivity index (χ3v) is 9.04. The summed E-state index contributed by atoms with van der Waals surface area (Å²) in [5.74, 6) is -1.79. The summed E-state index contributed by atoms with van der Waals surface area (Å²) in [6, 6.07) is 10.8. The topological polar surface area (TPSA) is 103 Å². The molecule has 10 heteroatoms. The number of nitrogens with zero attached hydrogens (tertiary/aromatic N) is 3. The summed E-state index contributed by atoms with van der Waals surface area (Å²) in [4.78, 5) is 48.5. The first-order chi connectivity index (χ1) is 19.6. The molecule has 3 amide bonds. The number of hydrogen-bond donors (Lipinski definition) is 2. The number of carbonyl (C=O) groups is 3. The molecule has 0 aliphatic carbocycles. The van der Waals surface area contributed by atoms with Gasteiger partial charge in [-0.25, -0.2) is 9.37 Å². The summed E-state index contributed by atoms with van der Waals surface area (Å²) in [7, 11) is 0. The number of fused-ring (bicyclic) bond motifs is 1. The maximum atomic E-state index is 15.3. The smallest absolute Gasteiger partial charge is 0.255 e. The second-order valence-electron chi connectivity index (χ2n) is 11.0. The molecule has 41 heavy (non-hydrogen) atoms. The van der Waals surface area contributed by atoms with Gasteiger partial charge in [-0.15, -0.1) is 11.3 Å². The second kappa shape index (κ2) is 11.7. The zero-order valence-corrected chi connectivity index (χ0v) is 24.5. The summed E-state index contributed by atoms with van der Waals surface area (Å²) < 4.78 is 15.3. The first kappa shape index (κ1) is 28.9. The average molecular weight is 579 g/mol. The molecular weight excluding hydrogens is 543 g/mol. The Hall–Kier alpha value is -3.63. The molecule has 2 aliphatic heterocycles. The van der Waals surface area contributed by atoms with Gasteiger partial charge in [0.1, 0.15) is 18.2 Å². The highest BCUT2D eigenvalue weighted by molar-refractivity contribution is 7.13. The second-order valence-corrected chi connectivity index (χ2v) is 11.9. The van der Waals surface area contributed by atoms with E-state index in [9.17, 15) is 19.5 Å². The number of aromatic nitrogens is 1. The van der Waals surface area contributed by atoms with Crippen LogP contribution in [-0.2, 0) is 29.1 Å². The first-order valence-corrected chi connectivity index (χ1v) is 14.8. The number of thiazole rings is 1. The van der Waals surface area contributed by atoms with Crippen LogP contribution in [0.1, 0.15) is 53.5 Å². The van der Waals surface area contributed by atoms with Crippen LogP contribution in [0.3, 0.4) is 0 Å². The summed E-state index contributed by atoms with van der Waals surface area (Å²) in [5.41, 5.74) is 7.10. The minimum absolute atomic E-state index is 0.152. The van der Waals surface area contributed by atoms with Crippen molar-refractivity contribution in [1.29, 1.82) is 0 Å².